The zero-order chi connectivity index (χ0) is 18.9. The molecule has 27 heavy (non-hydrogen) atoms. The number of likely N-dealkylation sites (N-methyl/N-ethyl adjacent to an activating group) is 1. The minimum Gasteiger partial charge on any atom is -0.454 e. The maximum absolute atomic E-state index is 12.6. The molecule has 2 aliphatic rings. The van der Waals surface area contributed by atoms with Crippen molar-refractivity contribution in [3.05, 3.63) is 24.0 Å². The molecular formula is C18H23N5O4. The van der Waals surface area contributed by atoms with E-state index in [0.717, 1.165) is 37.8 Å². The summed E-state index contributed by atoms with van der Waals surface area (Å²) in [4.78, 5) is 14.4. The molecule has 0 unspecified atom stereocenters. The topological polar surface area (TPSA) is 91.6 Å². The van der Waals surface area contributed by atoms with Crippen molar-refractivity contribution in [1.29, 1.82) is 0 Å². The molecular weight excluding hydrogens is 350 g/mol. The summed E-state index contributed by atoms with van der Waals surface area (Å²) in [7, 11) is 3.33. The van der Waals surface area contributed by atoms with E-state index in [1.54, 1.807) is 9.58 Å². The number of rotatable bonds is 5. The summed E-state index contributed by atoms with van der Waals surface area (Å²) < 4.78 is 17.6. The number of carbonyl (C=O) groups excluding carboxylic acids is 1. The Morgan fingerprint density at radius 2 is 2.04 bits per heavy atom. The van der Waals surface area contributed by atoms with Crippen LogP contribution in [0.25, 0.3) is 5.69 Å². The summed E-state index contributed by atoms with van der Waals surface area (Å²) in [6, 6.07) is 5.59. The van der Waals surface area contributed by atoms with Crippen LogP contribution in [0.15, 0.2) is 18.2 Å². The maximum atomic E-state index is 12.6. The van der Waals surface area contributed by atoms with Gasteiger partial charge in [-0.15, -0.1) is 5.10 Å². The molecule has 1 amide bonds. The minimum absolute atomic E-state index is 0.0316. The lowest BCUT2D eigenvalue weighted by Gasteiger charge is -2.43. The van der Waals surface area contributed by atoms with E-state index in [9.17, 15) is 4.79 Å². The fourth-order valence-corrected chi connectivity index (χ4v) is 3.97. The molecule has 1 aliphatic carbocycles. The summed E-state index contributed by atoms with van der Waals surface area (Å²) in [6.45, 7) is 0.239. The minimum atomic E-state index is -0.562. The van der Waals surface area contributed by atoms with Crippen LogP contribution in [0.5, 0.6) is 11.5 Å². The van der Waals surface area contributed by atoms with Crippen LogP contribution in [0, 0.1) is 0 Å². The van der Waals surface area contributed by atoms with E-state index in [4.69, 9.17) is 14.2 Å². The van der Waals surface area contributed by atoms with E-state index in [1.807, 2.05) is 25.2 Å². The molecule has 9 nitrogen and oxygen atoms in total. The van der Waals surface area contributed by atoms with Crippen LogP contribution in [-0.2, 0) is 15.1 Å². The number of amides is 1. The molecule has 2 aromatic rings. The third-order valence-corrected chi connectivity index (χ3v) is 5.45. The molecule has 9 heteroatoms. The average Bonchev–Trinajstić information content (AvgIpc) is 3.37. The average molecular weight is 373 g/mol. The van der Waals surface area contributed by atoms with E-state index >= 15 is 0 Å². The number of methoxy groups -OCH3 is 1. The van der Waals surface area contributed by atoms with Crippen LogP contribution in [0.4, 0.5) is 0 Å². The third-order valence-electron chi connectivity index (χ3n) is 5.45. The lowest BCUT2D eigenvalue weighted by molar-refractivity contribution is -0.142. The first kappa shape index (κ1) is 17.7. The predicted octanol–water partition coefficient (Wildman–Crippen LogP) is 1.66. The highest BCUT2D eigenvalue weighted by Crippen LogP contribution is 2.42. The Balaban J connectivity index is 1.76. The number of carbonyl (C=O) groups is 1. The standard InChI is InChI=1S/C18H23N5O4/c1-22(16(24)11-25-2)18(8-4-3-5-9-18)17-19-20-21-23(17)13-6-7-14-15(10-13)27-12-26-14/h6-7,10H,3-5,8-9,11-12H2,1-2H3. The first-order valence-corrected chi connectivity index (χ1v) is 9.10. The van der Waals surface area contributed by atoms with Crippen molar-refractivity contribution in [2.24, 2.45) is 0 Å². The van der Waals surface area contributed by atoms with Gasteiger partial charge in [-0.2, -0.15) is 4.68 Å². The summed E-state index contributed by atoms with van der Waals surface area (Å²) in [5.41, 5.74) is 0.213. The van der Waals surface area contributed by atoms with E-state index in [0.29, 0.717) is 17.3 Å². The molecule has 1 fully saturated rings. The Kier molecular flexibility index (Phi) is 4.69. The van der Waals surface area contributed by atoms with E-state index in [1.165, 1.54) is 7.11 Å². The quantitative estimate of drug-likeness (QED) is 0.787. The molecule has 2 heterocycles. The summed E-state index contributed by atoms with van der Waals surface area (Å²) in [5.74, 6) is 1.94. The summed E-state index contributed by atoms with van der Waals surface area (Å²) in [6.07, 6.45) is 4.78. The number of hydrogen-bond donors (Lipinski definition) is 0. The number of benzene rings is 1. The first-order valence-electron chi connectivity index (χ1n) is 9.10. The van der Waals surface area contributed by atoms with E-state index in [-0.39, 0.29) is 19.3 Å². The van der Waals surface area contributed by atoms with Gasteiger partial charge in [0.15, 0.2) is 17.3 Å². The lowest BCUT2D eigenvalue weighted by atomic mass is 9.79. The van der Waals surface area contributed by atoms with Crippen molar-refractivity contribution in [3.63, 3.8) is 0 Å². The van der Waals surface area contributed by atoms with Gasteiger partial charge in [0.25, 0.3) is 0 Å². The van der Waals surface area contributed by atoms with Gasteiger partial charge in [-0.25, -0.2) is 0 Å². The zero-order valence-electron chi connectivity index (χ0n) is 15.6. The molecule has 1 aromatic carbocycles. The molecule has 1 aliphatic heterocycles. The Bertz CT molecular complexity index is 831. The van der Waals surface area contributed by atoms with E-state index in [2.05, 4.69) is 15.5 Å². The van der Waals surface area contributed by atoms with Gasteiger partial charge in [-0.3, -0.25) is 4.79 Å². The highest BCUT2D eigenvalue weighted by Gasteiger charge is 2.44. The largest absolute Gasteiger partial charge is 0.454 e. The van der Waals surface area contributed by atoms with Crippen molar-refractivity contribution < 1.29 is 19.0 Å². The van der Waals surface area contributed by atoms with Crippen molar-refractivity contribution in [2.75, 3.05) is 27.6 Å². The second-order valence-electron chi connectivity index (χ2n) is 6.93. The van der Waals surface area contributed by atoms with Gasteiger partial charge in [-0.1, -0.05) is 19.3 Å². The number of tetrazole rings is 1. The van der Waals surface area contributed by atoms with Gasteiger partial charge >= 0.3 is 0 Å². The number of fused-ring (bicyclic) bond motifs is 1. The summed E-state index contributed by atoms with van der Waals surface area (Å²) >= 11 is 0. The van der Waals surface area contributed by atoms with Crippen molar-refractivity contribution in [1.82, 2.24) is 25.1 Å². The molecule has 0 saturated heterocycles. The molecule has 0 atom stereocenters. The molecule has 144 valence electrons. The normalized spacial score (nSPS) is 17.7. The zero-order valence-corrected chi connectivity index (χ0v) is 15.6. The molecule has 1 aromatic heterocycles. The van der Waals surface area contributed by atoms with Crippen LogP contribution >= 0.6 is 0 Å². The fraction of sp³-hybridized carbons (Fsp3) is 0.556. The second-order valence-corrected chi connectivity index (χ2v) is 6.93. The second kappa shape index (κ2) is 7.15. The molecule has 1 saturated carbocycles. The smallest absolute Gasteiger partial charge is 0.249 e. The van der Waals surface area contributed by atoms with Gasteiger partial charge in [0.05, 0.1) is 5.69 Å². The number of aromatic nitrogens is 4. The van der Waals surface area contributed by atoms with Crippen molar-refractivity contribution in [3.8, 4) is 17.2 Å². The molecule has 0 bridgehead atoms. The molecule has 4 rings (SSSR count). The Hall–Kier alpha value is -2.68. The van der Waals surface area contributed by atoms with Crippen LogP contribution in [0.2, 0.25) is 0 Å². The maximum Gasteiger partial charge on any atom is 0.249 e. The Labute approximate surface area is 157 Å². The van der Waals surface area contributed by atoms with Crippen LogP contribution in [0.1, 0.15) is 37.9 Å². The summed E-state index contributed by atoms with van der Waals surface area (Å²) in [5, 5.41) is 12.5. The van der Waals surface area contributed by atoms with Gasteiger partial charge in [0.2, 0.25) is 12.7 Å². The highest BCUT2D eigenvalue weighted by atomic mass is 16.7. The van der Waals surface area contributed by atoms with Crippen LogP contribution < -0.4 is 9.47 Å². The van der Waals surface area contributed by atoms with E-state index < -0.39 is 5.54 Å². The molecule has 0 N–H and O–H groups in total. The van der Waals surface area contributed by atoms with Gasteiger partial charge in [0, 0.05) is 20.2 Å². The van der Waals surface area contributed by atoms with Gasteiger partial charge < -0.3 is 19.1 Å². The lowest BCUT2D eigenvalue weighted by Crippen LogP contribution is -2.51. The van der Waals surface area contributed by atoms with Crippen molar-refractivity contribution >= 4 is 5.91 Å². The number of hydrogen-bond acceptors (Lipinski definition) is 7. The van der Waals surface area contributed by atoms with Crippen LogP contribution in [0.3, 0.4) is 0 Å². The SMILES string of the molecule is COCC(=O)N(C)C1(c2nnnn2-c2ccc3c(c2)OCO3)CCCCC1. The monoisotopic (exact) mass is 373 g/mol. The number of nitrogens with zero attached hydrogens (tertiary/aromatic N) is 5. The Morgan fingerprint density at radius 3 is 2.81 bits per heavy atom. The predicted molar refractivity (Wildman–Crippen MR) is 94.7 cm³/mol. The molecule has 0 radical (unpaired) electrons. The van der Waals surface area contributed by atoms with Crippen molar-refractivity contribution in [2.45, 2.75) is 37.6 Å². The number of ether oxygens (including phenoxy) is 3. The highest BCUT2D eigenvalue weighted by molar-refractivity contribution is 5.78. The van der Waals surface area contributed by atoms with Crippen LogP contribution in [-0.4, -0.2) is 58.6 Å². The molecule has 0 spiro atoms. The van der Waals surface area contributed by atoms with Gasteiger partial charge in [0.1, 0.15) is 12.1 Å². The fourth-order valence-electron chi connectivity index (χ4n) is 3.97. The third kappa shape index (κ3) is 3.01. The van der Waals surface area contributed by atoms with Gasteiger partial charge in [-0.05, 0) is 35.4 Å². The Morgan fingerprint density at radius 1 is 1.26 bits per heavy atom. The first-order chi connectivity index (χ1) is 13.2.